The van der Waals surface area contributed by atoms with Crippen molar-refractivity contribution in [2.75, 3.05) is 57.5 Å². The summed E-state index contributed by atoms with van der Waals surface area (Å²) in [5.74, 6) is -1.70. The second kappa shape index (κ2) is 14.2. The van der Waals surface area contributed by atoms with Crippen LogP contribution in [0.15, 0.2) is 34.6 Å². The van der Waals surface area contributed by atoms with Crippen LogP contribution in [0.1, 0.15) is 55.2 Å². The first-order valence-electron chi connectivity index (χ1n) is 14.2. The van der Waals surface area contributed by atoms with E-state index in [1.807, 2.05) is 31.1 Å². The Hall–Kier alpha value is -3.37. The van der Waals surface area contributed by atoms with Crippen LogP contribution >= 0.6 is 11.3 Å². The van der Waals surface area contributed by atoms with Crippen molar-refractivity contribution in [3.63, 3.8) is 0 Å². The van der Waals surface area contributed by atoms with Crippen LogP contribution in [-0.4, -0.2) is 89.1 Å². The summed E-state index contributed by atoms with van der Waals surface area (Å²) in [4.78, 5) is 62.1. The number of carbonyl (C=O) groups excluding carboxylic acids is 2. The number of hydrogen-bond donors (Lipinski definition) is 3. The number of halogens is 1. The summed E-state index contributed by atoms with van der Waals surface area (Å²) in [6.45, 7) is 8.33. The van der Waals surface area contributed by atoms with E-state index < -0.39 is 17.4 Å². The predicted octanol–water partition coefficient (Wildman–Crippen LogP) is -0.159. The van der Waals surface area contributed by atoms with Crippen molar-refractivity contribution in [3.05, 3.63) is 57.0 Å². The fourth-order valence-corrected chi connectivity index (χ4v) is 5.64. The summed E-state index contributed by atoms with van der Waals surface area (Å²) >= 11 is 1.34. The molecular weight excluding hydrogens is 697 g/mol. The first-order chi connectivity index (χ1) is 20.1. The highest BCUT2D eigenvalue weighted by atomic mass is 127. The lowest BCUT2D eigenvalue weighted by molar-refractivity contribution is -0.869. The third kappa shape index (κ3) is 8.85. The summed E-state index contributed by atoms with van der Waals surface area (Å²) in [5, 5.41) is 17.5. The zero-order valence-corrected chi connectivity index (χ0v) is 28.9. The molecule has 44 heavy (non-hydrogen) atoms. The largest absolute Gasteiger partial charge is 1.00 e. The molecule has 1 aliphatic rings. The lowest BCUT2D eigenvalue weighted by atomic mass is 9.93. The zero-order valence-electron chi connectivity index (χ0n) is 25.9. The molecule has 0 radical (unpaired) electrons. The number of pyridine rings is 1. The molecule has 14 heteroatoms. The molecule has 1 unspecified atom stereocenters. The number of nitrogens with one attached hydrogen (secondary N) is 2. The van der Waals surface area contributed by atoms with E-state index in [1.165, 1.54) is 40.1 Å². The molecule has 0 aromatic carbocycles. The number of amides is 2. The molecule has 0 bridgehead atoms. The van der Waals surface area contributed by atoms with Crippen LogP contribution in [0.3, 0.4) is 0 Å². The Kier molecular flexibility index (Phi) is 11.3. The van der Waals surface area contributed by atoms with E-state index in [0.29, 0.717) is 37.6 Å². The number of carboxylic acids is 1. The van der Waals surface area contributed by atoms with Gasteiger partial charge in [0.25, 0.3) is 11.5 Å². The Morgan fingerprint density at radius 2 is 1.93 bits per heavy atom. The van der Waals surface area contributed by atoms with E-state index in [4.69, 9.17) is 4.98 Å². The summed E-state index contributed by atoms with van der Waals surface area (Å²) in [6.07, 6.45) is 4.97. The van der Waals surface area contributed by atoms with Gasteiger partial charge in [-0.05, 0) is 31.1 Å². The Bertz CT molecular complexity index is 1620. The predicted molar refractivity (Wildman–Crippen MR) is 168 cm³/mol. The minimum atomic E-state index is -1.20. The molecule has 1 atom stereocenters. The van der Waals surface area contributed by atoms with Gasteiger partial charge in [0, 0.05) is 41.7 Å². The van der Waals surface area contributed by atoms with Crippen molar-refractivity contribution in [1.29, 1.82) is 0 Å². The first-order valence-corrected chi connectivity index (χ1v) is 15.1. The highest BCUT2D eigenvalue weighted by Gasteiger charge is 2.29. The smallest absolute Gasteiger partial charge is 0.328 e. The fourth-order valence-electron chi connectivity index (χ4n) is 4.71. The maximum Gasteiger partial charge on any atom is 0.328 e. The number of anilines is 2. The molecule has 3 aromatic rings. The van der Waals surface area contributed by atoms with Crippen LogP contribution < -0.4 is 45.1 Å². The van der Waals surface area contributed by atoms with Gasteiger partial charge in [-0.2, -0.15) is 0 Å². The van der Waals surface area contributed by atoms with Gasteiger partial charge in [0.2, 0.25) is 5.91 Å². The number of thiazole rings is 1. The second-order valence-electron chi connectivity index (χ2n) is 12.8. The number of quaternary nitrogens is 1. The molecule has 1 aliphatic heterocycles. The van der Waals surface area contributed by atoms with E-state index in [-0.39, 0.29) is 63.8 Å². The van der Waals surface area contributed by atoms with Gasteiger partial charge in [0.15, 0.2) is 5.13 Å². The maximum atomic E-state index is 13.6. The standard InChI is InChI=1S/C30H39N7O5S.HI/c1-30(2,3)22-18-43-29(32-22)34-27(41)19-11-14-36-23(16-19)33-25(21(28(36)42)9-10-24(38)39)35-13-7-8-20(17-35)26(40)31-12-15-37(4,5)6;/h9-11,14,16,18,20H,7-8,12-13,15,17H2,1-6H3,(H2-,31,32,34,38,39,40,41);1H/b10-9+;. The van der Waals surface area contributed by atoms with Gasteiger partial charge in [-0.3, -0.25) is 24.1 Å². The van der Waals surface area contributed by atoms with Crippen molar-refractivity contribution in [3.8, 4) is 0 Å². The zero-order chi connectivity index (χ0) is 31.5. The Labute approximate surface area is 277 Å². The molecule has 1 saturated heterocycles. The third-order valence-electron chi connectivity index (χ3n) is 7.17. The van der Waals surface area contributed by atoms with Crippen molar-refractivity contribution in [2.24, 2.45) is 5.92 Å². The summed E-state index contributed by atoms with van der Waals surface area (Å²) in [7, 11) is 6.17. The van der Waals surface area contributed by atoms with Gasteiger partial charge in [-0.15, -0.1) is 11.3 Å². The highest BCUT2D eigenvalue weighted by molar-refractivity contribution is 7.14. The van der Waals surface area contributed by atoms with E-state index in [9.17, 15) is 24.3 Å². The molecular formula is C30H40IN7O5S. The van der Waals surface area contributed by atoms with E-state index >= 15 is 0 Å². The molecule has 3 N–H and O–H groups in total. The SMILES string of the molecule is CC(C)(C)c1csc(NC(=O)c2ccn3c(=O)c(/C=C/C(=O)O)c(N4CCCC(C(=O)NCC[N+](C)(C)C)C4)nc3c2)n1.[I-]. The lowest BCUT2D eigenvalue weighted by Crippen LogP contribution is -3.00. The highest BCUT2D eigenvalue weighted by Crippen LogP contribution is 2.27. The number of piperidine rings is 1. The van der Waals surface area contributed by atoms with Crippen LogP contribution in [0.5, 0.6) is 0 Å². The average molecular weight is 738 g/mol. The van der Waals surface area contributed by atoms with Crippen molar-refractivity contribution in [1.82, 2.24) is 19.7 Å². The molecule has 0 aliphatic carbocycles. The van der Waals surface area contributed by atoms with Gasteiger partial charge < -0.3 is 43.8 Å². The number of fused-ring (bicyclic) bond motifs is 1. The number of carboxylic acid groups (broad SMARTS) is 1. The molecule has 0 saturated carbocycles. The molecule has 0 spiro atoms. The molecule has 12 nitrogen and oxygen atoms in total. The first kappa shape index (κ1) is 35.1. The van der Waals surface area contributed by atoms with Crippen molar-refractivity contribution in [2.45, 2.75) is 39.0 Å². The number of hydrogen-bond acceptors (Lipinski definition) is 8. The van der Waals surface area contributed by atoms with Gasteiger partial charge in [-0.25, -0.2) is 14.8 Å². The normalized spacial score (nSPS) is 15.7. The molecule has 2 amide bonds. The monoisotopic (exact) mass is 737 g/mol. The molecule has 4 heterocycles. The minimum absolute atomic E-state index is 0. The number of nitrogens with zero attached hydrogens (tertiary/aromatic N) is 5. The third-order valence-corrected chi connectivity index (χ3v) is 7.92. The van der Waals surface area contributed by atoms with Crippen LogP contribution in [0.4, 0.5) is 10.9 Å². The second-order valence-corrected chi connectivity index (χ2v) is 13.7. The number of aromatic nitrogens is 3. The molecule has 3 aromatic heterocycles. The van der Waals surface area contributed by atoms with Crippen molar-refractivity contribution < 1.29 is 47.9 Å². The summed E-state index contributed by atoms with van der Waals surface area (Å²) < 4.78 is 2.00. The van der Waals surface area contributed by atoms with Gasteiger partial charge in [0.05, 0.1) is 51.4 Å². The quantitative estimate of drug-likeness (QED) is 0.156. The minimum Gasteiger partial charge on any atom is -1.00 e. The topological polar surface area (TPSA) is 146 Å². The van der Waals surface area contributed by atoms with Gasteiger partial charge >= 0.3 is 5.97 Å². The summed E-state index contributed by atoms with van der Waals surface area (Å²) in [6, 6.07) is 3.02. The summed E-state index contributed by atoms with van der Waals surface area (Å²) in [5.41, 5.74) is 0.843. The van der Waals surface area contributed by atoms with E-state index in [1.54, 1.807) is 0 Å². The molecule has 4 rings (SSSR count). The van der Waals surface area contributed by atoms with Gasteiger partial charge in [-0.1, -0.05) is 20.8 Å². The average Bonchev–Trinajstić information content (AvgIpc) is 3.40. The number of likely N-dealkylation sites (N-methyl/N-ethyl adjacent to an activating group) is 1. The number of aliphatic carboxylic acids is 1. The van der Waals surface area contributed by atoms with Gasteiger partial charge in [0.1, 0.15) is 11.5 Å². The van der Waals surface area contributed by atoms with E-state index in [0.717, 1.165) is 22.8 Å². The van der Waals surface area contributed by atoms with Crippen LogP contribution in [0, 0.1) is 5.92 Å². The van der Waals surface area contributed by atoms with Crippen LogP contribution in [-0.2, 0) is 15.0 Å². The number of carbonyl (C=O) groups is 3. The van der Waals surface area contributed by atoms with Crippen LogP contribution in [0.25, 0.3) is 11.7 Å². The fraction of sp³-hybridized carbons (Fsp3) is 0.467. The van der Waals surface area contributed by atoms with Crippen molar-refractivity contribution >= 4 is 51.8 Å². The molecule has 238 valence electrons. The number of rotatable bonds is 9. The maximum absolute atomic E-state index is 13.6. The Morgan fingerprint density at radius 1 is 1.20 bits per heavy atom. The Balaban J connectivity index is 0.00000529. The van der Waals surface area contributed by atoms with E-state index in [2.05, 4.69) is 36.8 Å². The Morgan fingerprint density at radius 3 is 2.57 bits per heavy atom. The molecule has 1 fully saturated rings. The van der Waals surface area contributed by atoms with Crippen LogP contribution in [0.2, 0.25) is 0 Å². The lowest BCUT2D eigenvalue weighted by Gasteiger charge is -2.34.